The number of hydrogen-bond acceptors (Lipinski definition) is 3. The lowest BCUT2D eigenvalue weighted by atomic mass is 10.1. The van der Waals surface area contributed by atoms with E-state index >= 15 is 0 Å². The van der Waals surface area contributed by atoms with Crippen LogP contribution in [0.2, 0.25) is 0 Å². The van der Waals surface area contributed by atoms with E-state index in [2.05, 4.69) is 15.2 Å². The smallest absolute Gasteiger partial charge is 0.154 e. The van der Waals surface area contributed by atoms with Gasteiger partial charge < -0.3 is 0 Å². The molecule has 0 spiro atoms. The first-order chi connectivity index (χ1) is 6.83. The highest BCUT2D eigenvalue weighted by Gasteiger charge is 2.11. The number of aromatic nitrogens is 3. The first kappa shape index (κ1) is 8.62. The Kier molecular flexibility index (Phi) is 2.10. The highest BCUT2D eigenvalue weighted by atomic mass is 16.1. The van der Waals surface area contributed by atoms with Gasteiger partial charge in [0.05, 0.1) is 11.3 Å². The molecule has 2 rings (SSSR count). The number of hydrogen-bond donors (Lipinski definition) is 1. The molecule has 0 aliphatic rings. The average Bonchev–Trinajstić information content (AvgIpc) is 2.61. The first-order valence-electron chi connectivity index (χ1n) is 4.24. The van der Waals surface area contributed by atoms with Crippen molar-refractivity contribution in [3.8, 4) is 11.4 Å². The largest absolute Gasteiger partial charge is 0.298 e. The van der Waals surface area contributed by atoms with Crippen LogP contribution in [0.1, 0.15) is 16.1 Å². The van der Waals surface area contributed by atoms with E-state index in [1.54, 1.807) is 6.20 Å². The van der Waals surface area contributed by atoms with E-state index in [0.717, 1.165) is 12.0 Å². The van der Waals surface area contributed by atoms with Crippen LogP contribution in [0.15, 0.2) is 24.4 Å². The number of pyridine rings is 1. The quantitative estimate of drug-likeness (QED) is 0.726. The molecule has 70 valence electrons. The van der Waals surface area contributed by atoms with Crippen molar-refractivity contribution in [1.29, 1.82) is 0 Å². The Morgan fingerprint density at radius 3 is 2.93 bits per heavy atom. The van der Waals surface area contributed by atoms with E-state index in [1.165, 1.54) is 0 Å². The summed E-state index contributed by atoms with van der Waals surface area (Å²) < 4.78 is 0. The summed E-state index contributed by atoms with van der Waals surface area (Å²) in [7, 11) is 0. The van der Waals surface area contributed by atoms with E-state index in [4.69, 9.17) is 0 Å². The number of aromatic amines is 1. The third kappa shape index (κ3) is 1.31. The Labute approximate surface area is 81.0 Å². The van der Waals surface area contributed by atoms with Crippen molar-refractivity contribution in [3.05, 3.63) is 35.7 Å². The molecule has 0 unspecified atom stereocenters. The number of aldehydes is 1. The highest BCUT2D eigenvalue weighted by Crippen LogP contribution is 2.19. The standard InChI is InChI=1S/C10H9N3O/c1-7-8(6-14)10(13-12-7)9-4-2-3-5-11-9/h2-6H,1H3,(H,12,13). The summed E-state index contributed by atoms with van der Waals surface area (Å²) in [5, 5.41) is 6.80. The van der Waals surface area contributed by atoms with E-state index in [-0.39, 0.29) is 0 Å². The van der Waals surface area contributed by atoms with Crippen LogP contribution in [0, 0.1) is 6.92 Å². The zero-order valence-corrected chi connectivity index (χ0v) is 7.69. The van der Waals surface area contributed by atoms with Crippen molar-refractivity contribution in [2.45, 2.75) is 6.92 Å². The summed E-state index contributed by atoms with van der Waals surface area (Å²) in [6.45, 7) is 1.81. The van der Waals surface area contributed by atoms with Crippen LogP contribution in [-0.2, 0) is 0 Å². The van der Waals surface area contributed by atoms with Gasteiger partial charge in [-0.1, -0.05) is 6.07 Å². The summed E-state index contributed by atoms with van der Waals surface area (Å²) in [5.41, 5.74) is 2.65. The first-order valence-corrected chi connectivity index (χ1v) is 4.24. The number of carbonyl (C=O) groups excluding carboxylic acids is 1. The van der Waals surface area contributed by atoms with Crippen molar-refractivity contribution in [1.82, 2.24) is 15.2 Å². The van der Waals surface area contributed by atoms with Gasteiger partial charge >= 0.3 is 0 Å². The highest BCUT2D eigenvalue weighted by molar-refractivity contribution is 5.86. The second-order valence-corrected chi connectivity index (χ2v) is 2.94. The van der Waals surface area contributed by atoms with Gasteiger partial charge in [0.25, 0.3) is 0 Å². The minimum Gasteiger partial charge on any atom is -0.298 e. The third-order valence-electron chi connectivity index (χ3n) is 2.02. The van der Waals surface area contributed by atoms with Crippen LogP contribution in [0.3, 0.4) is 0 Å². The van der Waals surface area contributed by atoms with Gasteiger partial charge in [-0.3, -0.25) is 14.9 Å². The molecule has 4 heteroatoms. The van der Waals surface area contributed by atoms with Crippen LogP contribution < -0.4 is 0 Å². The fourth-order valence-electron chi connectivity index (χ4n) is 1.28. The topological polar surface area (TPSA) is 58.6 Å². The molecule has 0 aliphatic carbocycles. The van der Waals surface area contributed by atoms with Crippen LogP contribution in [-0.4, -0.2) is 21.5 Å². The second-order valence-electron chi connectivity index (χ2n) is 2.94. The van der Waals surface area contributed by atoms with E-state index in [9.17, 15) is 4.79 Å². The molecule has 0 atom stereocenters. The molecule has 1 N–H and O–H groups in total. The lowest BCUT2D eigenvalue weighted by Gasteiger charge is -1.95. The van der Waals surface area contributed by atoms with Crippen LogP contribution in [0.4, 0.5) is 0 Å². The lowest BCUT2D eigenvalue weighted by Crippen LogP contribution is -1.88. The Morgan fingerprint density at radius 2 is 2.29 bits per heavy atom. The van der Waals surface area contributed by atoms with Gasteiger partial charge in [0.1, 0.15) is 5.69 Å². The zero-order valence-electron chi connectivity index (χ0n) is 7.69. The van der Waals surface area contributed by atoms with Gasteiger partial charge in [0.2, 0.25) is 0 Å². The number of nitrogens with one attached hydrogen (secondary N) is 1. The lowest BCUT2D eigenvalue weighted by molar-refractivity contribution is 0.112. The molecule has 0 saturated carbocycles. The molecule has 0 bridgehead atoms. The number of aryl methyl sites for hydroxylation is 1. The third-order valence-corrected chi connectivity index (χ3v) is 2.02. The van der Waals surface area contributed by atoms with Gasteiger partial charge in [-0.05, 0) is 19.1 Å². The van der Waals surface area contributed by atoms with Gasteiger partial charge in [-0.15, -0.1) is 0 Å². The molecule has 0 fully saturated rings. The van der Waals surface area contributed by atoms with Crippen molar-refractivity contribution in [2.75, 3.05) is 0 Å². The molecular formula is C10H9N3O. The normalized spacial score (nSPS) is 10.1. The minimum absolute atomic E-state index is 0.573. The number of carbonyl (C=O) groups is 1. The second kappa shape index (κ2) is 3.41. The predicted molar refractivity (Wildman–Crippen MR) is 51.9 cm³/mol. The van der Waals surface area contributed by atoms with Crippen molar-refractivity contribution in [2.24, 2.45) is 0 Å². The molecule has 0 saturated heterocycles. The fourth-order valence-corrected chi connectivity index (χ4v) is 1.28. The monoisotopic (exact) mass is 187 g/mol. The SMILES string of the molecule is Cc1[nH]nc(-c2ccccn2)c1C=O. The molecular weight excluding hydrogens is 178 g/mol. The predicted octanol–water partition coefficient (Wildman–Crippen LogP) is 1.59. The summed E-state index contributed by atoms with van der Waals surface area (Å²) >= 11 is 0. The molecule has 0 radical (unpaired) electrons. The summed E-state index contributed by atoms with van der Waals surface area (Å²) in [6, 6.07) is 5.51. The Hall–Kier alpha value is -1.97. The number of nitrogens with zero attached hydrogens (tertiary/aromatic N) is 2. The maximum atomic E-state index is 10.8. The van der Waals surface area contributed by atoms with Gasteiger partial charge in [0, 0.05) is 11.9 Å². The molecule has 0 amide bonds. The minimum atomic E-state index is 0.573. The van der Waals surface area contributed by atoms with Gasteiger partial charge in [-0.25, -0.2) is 0 Å². The van der Waals surface area contributed by atoms with Crippen LogP contribution in [0.25, 0.3) is 11.4 Å². The summed E-state index contributed by atoms with van der Waals surface area (Å²) in [5.74, 6) is 0. The van der Waals surface area contributed by atoms with Crippen molar-refractivity contribution in [3.63, 3.8) is 0 Å². The molecule has 2 aromatic rings. The Bertz CT molecular complexity index is 448. The van der Waals surface area contributed by atoms with E-state index in [1.807, 2.05) is 25.1 Å². The van der Waals surface area contributed by atoms with Crippen molar-refractivity contribution >= 4 is 6.29 Å². The summed E-state index contributed by atoms with van der Waals surface area (Å²) in [6.07, 6.45) is 2.47. The molecule has 14 heavy (non-hydrogen) atoms. The van der Waals surface area contributed by atoms with Gasteiger partial charge in [-0.2, -0.15) is 5.10 Å². The summed E-state index contributed by atoms with van der Waals surface area (Å²) in [4.78, 5) is 14.9. The zero-order chi connectivity index (χ0) is 9.97. The number of H-pyrrole nitrogens is 1. The molecule has 4 nitrogen and oxygen atoms in total. The van der Waals surface area contributed by atoms with E-state index < -0.39 is 0 Å². The maximum absolute atomic E-state index is 10.8. The Balaban J connectivity index is 2.57. The average molecular weight is 187 g/mol. The molecule has 2 heterocycles. The van der Waals surface area contributed by atoms with E-state index in [0.29, 0.717) is 17.0 Å². The number of rotatable bonds is 2. The maximum Gasteiger partial charge on any atom is 0.154 e. The van der Waals surface area contributed by atoms with Crippen molar-refractivity contribution < 1.29 is 4.79 Å². The molecule has 2 aromatic heterocycles. The Morgan fingerprint density at radius 1 is 1.43 bits per heavy atom. The van der Waals surface area contributed by atoms with Crippen LogP contribution in [0.5, 0.6) is 0 Å². The molecule has 0 aliphatic heterocycles. The van der Waals surface area contributed by atoms with Crippen LogP contribution >= 0.6 is 0 Å². The fraction of sp³-hybridized carbons (Fsp3) is 0.100. The molecule has 0 aromatic carbocycles. The van der Waals surface area contributed by atoms with Gasteiger partial charge in [0.15, 0.2) is 6.29 Å².